The molecule has 0 fully saturated rings. The van der Waals surface area contributed by atoms with E-state index in [4.69, 9.17) is 0 Å². The molecule has 2 aliphatic carbocycles. The Morgan fingerprint density at radius 2 is 1.36 bits per heavy atom. The van der Waals surface area contributed by atoms with Gasteiger partial charge in [0.25, 0.3) is 0 Å². The number of para-hydroxylation sites is 1. The van der Waals surface area contributed by atoms with Crippen LogP contribution in [0.5, 0.6) is 0 Å². The molecule has 4 rings (SSSR count). The highest BCUT2D eigenvalue weighted by Gasteiger charge is 2.36. The molecule has 2 aromatic rings. The number of thioether (sulfide) groups is 2. The zero-order valence-electron chi connectivity index (χ0n) is 27.5. The van der Waals surface area contributed by atoms with E-state index in [1.807, 2.05) is 60.0 Å². The number of hydrogen-bond donors (Lipinski definition) is 1. The summed E-state index contributed by atoms with van der Waals surface area (Å²) in [5.74, 6) is 4.53. The SMILES string of the molecule is CCCCN(CCCC)c1ccc(C2=C(O)C(=C3C=CC(=[N+](C)CCSCCSCCN(C)c4ccccc4)C=C3)C2=O)cc1. The zero-order valence-corrected chi connectivity index (χ0v) is 29.1. The van der Waals surface area contributed by atoms with Crippen LogP contribution < -0.4 is 9.80 Å². The molecule has 0 atom stereocenters. The van der Waals surface area contributed by atoms with Gasteiger partial charge in [0.05, 0.1) is 16.9 Å². The highest BCUT2D eigenvalue weighted by molar-refractivity contribution is 8.02. The topological polar surface area (TPSA) is 46.8 Å². The van der Waals surface area contributed by atoms with Crippen molar-refractivity contribution in [2.75, 3.05) is 73.1 Å². The quantitative estimate of drug-likeness (QED) is 0.101. The van der Waals surface area contributed by atoms with Crippen molar-refractivity contribution >= 4 is 52.0 Å². The second kappa shape index (κ2) is 18.1. The molecule has 0 aromatic heterocycles. The Labute approximate surface area is 279 Å². The number of rotatable bonds is 18. The molecule has 0 unspecified atom stereocenters. The molecule has 0 spiro atoms. The van der Waals surface area contributed by atoms with Gasteiger partial charge in [0.15, 0.2) is 12.3 Å². The molecule has 5 nitrogen and oxygen atoms in total. The van der Waals surface area contributed by atoms with Crippen LogP contribution in [0.1, 0.15) is 45.1 Å². The summed E-state index contributed by atoms with van der Waals surface area (Å²) in [6.45, 7) is 8.53. The lowest BCUT2D eigenvalue weighted by Gasteiger charge is -2.26. The lowest BCUT2D eigenvalue weighted by Crippen LogP contribution is -2.26. The van der Waals surface area contributed by atoms with Gasteiger partial charge in [-0.1, -0.05) is 57.0 Å². The minimum Gasteiger partial charge on any atom is -0.506 e. The maximum absolute atomic E-state index is 13.2. The fourth-order valence-corrected chi connectivity index (χ4v) is 7.55. The maximum Gasteiger partial charge on any atom is 0.201 e. The first-order chi connectivity index (χ1) is 21.9. The van der Waals surface area contributed by atoms with E-state index in [0.29, 0.717) is 11.1 Å². The molecule has 1 N–H and O–H groups in total. The zero-order chi connectivity index (χ0) is 32.0. The van der Waals surface area contributed by atoms with Crippen molar-refractivity contribution in [3.8, 4) is 0 Å². The number of aliphatic hydroxyl groups excluding tert-OH is 1. The molecule has 0 saturated heterocycles. The monoisotopic (exact) mass is 644 g/mol. The van der Waals surface area contributed by atoms with Crippen molar-refractivity contribution in [3.63, 3.8) is 0 Å². The van der Waals surface area contributed by atoms with Gasteiger partial charge in [-0.2, -0.15) is 23.5 Å². The molecular formula is C38H50N3O2S2+. The second-order valence-electron chi connectivity index (χ2n) is 11.6. The third kappa shape index (κ3) is 9.67. The van der Waals surface area contributed by atoms with E-state index in [0.717, 1.165) is 78.9 Å². The summed E-state index contributed by atoms with van der Waals surface area (Å²) >= 11 is 4.01. The first-order valence-electron chi connectivity index (χ1n) is 16.4. The molecule has 240 valence electrons. The fourth-order valence-electron chi connectivity index (χ4n) is 5.39. The smallest absolute Gasteiger partial charge is 0.201 e. The normalized spacial score (nSPS) is 14.3. The minimum absolute atomic E-state index is 0.0869. The summed E-state index contributed by atoms with van der Waals surface area (Å²) < 4.78 is 2.25. The first-order valence-corrected chi connectivity index (χ1v) is 18.7. The molecule has 2 aliphatic rings. The van der Waals surface area contributed by atoms with Gasteiger partial charge >= 0.3 is 0 Å². The number of unbranched alkanes of at least 4 members (excludes halogenated alkanes) is 2. The van der Waals surface area contributed by atoms with Gasteiger partial charge in [-0.25, -0.2) is 4.58 Å². The summed E-state index contributed by atoms with van der Waals surface area (Å²) in [4.78, 5) is 17.9. The van der Waals surface area contributed by atoms with E-state index < -0.39 is 0 Å². The lowest BCUT2D eigenvalue weighted by molar-refractivity contribution is -0.490. The largest absolute Gasteiger partial charge is 0.506 e. The average molecular weight is 645 g/mol. The van der Waals surface area contributed by atoms with Crippen LogP contribution >= 0.6 is 23.5 Å². The molecule has 7 heteroatoms. The van der Waals surface area contributed by atoms with Gasteiger partial charge in [-0.15, -0.1) is 0 Å². The predicted octanol–water partition coefficient (Wildman–Crippen LogP) is 8.05. The number of nitrogens with zero attached hydrogens (tertiary/aromatic N) is 3. The maximum atomic E-state index is 13.2. The van der Waals surface area contributed by atoms with Crippen LogP contribution in [0, 0.1) is 0 Å². The Kier molecular flexibility index (Phi) is 14.0. The molecule has 0 bridgehead atoms. The van der Waals surface area contributed by atoms with Gasteiger partial charge in [0, 0.05) is 67.5 Å². The van der Waals surface area contributed by atoms with E-state index in [-0.39, 0.29) is 11.5 Å². The number of carbonyl (C=O) groups is 1. The summed E-state index contributed by atoms with van der Waals surface area (Å²) in [6.07, 6.45) is 12.6. The first kappa shape index (κ1) is 34.7. The van der Waals surface area contributed by atoms with Crippen molar-refractivity contribution in [2.24, 2.45) is 0 Å². The van der Waals surface area contributed by atoms with Crippen molar-refractivity contribution in [2.45, 2.75) is 39.5 Å². The third-order valence-electron chi connectivity index (χ3n) is 8.32. The number of ketones is 1. The van der Waals surface area contributed by atoms with Crippen LogP contribution in [0.25, 0.3) is 5.57 Å². The van der Waals surface area contributed by atoms with Crippen LogP contribution in [0.2, 0.25) is 0 Å². The molecule has 0 saturated carbocycles. The Balaban J connectivity index is 1.24. The molecule has 0 amide bonds. The molecule has 0 radical (unpaired) electrons. The lowest BCUT2D eigenvalue weighted by atomic mass is 9.80. The molecule has 2 aromatic carbocycles. The van der Waals surface area contributed by atoms with Crippen LogP contribution in [-0.4, -0.2) is 84.5 Å². The van der Waals surface area contributed by atoms with Gasteiger partial charge in [0.1, 0.15) is 12.8 Å². The van der Waals surface area contributed by atoms with Crippen molar-refractivity contribution in [3.05, 3.63) is 101 Å². The Morgan fingerprint density at radius 1 is 0.733 bits per heavy atom. The van der Waals surface area contributed by atoms with E-state index in [9.17, 15) is 9.90 Å². The molecular weight excluding hydrogens is 595 g/mol. The van der Waals surface area contributed by atoms with E-state index in [2.05, 4.69) is 84.8 Å². The van der Waals surface area contributed by atoms with Crippen molar-refractivity contribution in [1.82, 2.24) is 0 Å². The average Bonchev–Trinajstić information content (AvgIpc) is 3.07. The van der Waals surface area contributed by atoms with Crippen molar-refractivity contribution < 1.29 is 14.5 Å². The van der Waals surface area contributed by atoms with E-state index in [1.54, 1.807) is 0 Å². The van der Waals surface area contributed by atoms with Crippen molar-refractivity contribution in [1.29, 1.82) is 0 Å². The Bertz CT molecular complexity index is 1400. The number of carbonyl (C=O) groups excluding carboxylic acids is 1. The van der Waals surface area contributed by atoms with Gasteiger partial charge in [0.2, 0.25) is 5.78 Å². The highest BCUT2D eigenvalue weighted by atomic mass is 32.2. The highest BCUT2D eigenvalue weighted by Crippen LogP contribution is 2.39. The number of hydrogen-bond acceptors (Lipinski definition) is 6. The van der Waals surface area contributed by atoms with Gasteiger partial charge in [-0.3, -0.25) is 4.79 Å². The summed E-state index contributed by atoms with van der Waals surface area (Å²) in [5.41, 5.74) is 5.94. The van der Waals surface area contributed by atoms with E-state index >= 15 is 0 Å². The third-order valence-corrected chi connectivity index (χ3v) is 10.5. The number of aliphatic hydroxyl groups is 1. The number of Topliss-reactive ketones (excluding diaryl/α,β-unsaturated/α-hetero) is 1. The predicted molar refractivity (Wildman–Crippen MR) is 199 cm³/mol. The van der Waals surface area contributed by atoms with E-state index in [1.165, 1.54) is 24.2 Å². The van der Waals surface area contributed by atoms with Crippen LogP contribution in [0.4, 0.5) is 11.4 Å². The fraction of sp³-hybridized carbons (Fsp3) is 0.421. The minimum atomic E-state index is -0.0869. The standard InChI is InChI=1S/C38H49N3O2S2/c1-5-7-22-41(23-8-6-2)34-20-16-31(17-21-34)36-37(42)35(38(36)43)30-14-18-33(19-15-30)40(4)25-27-45-29-28-44-26-24-39(3)32-12-10-9-11-13-32/h9-21H,5-8,22-29H2,1-4H3/p+1. The van der Waals surface area contributed by atoms with Gasteiger partial charge < -0.3 is 14.9 Å². The van der Waals surface area contributed by atoms with Crippen LogP contribution in [0.3, 0.4) is 0 Å². The summed E-state index contributed by atoms with van der Waals surface area (Å²) in [6, 6.07) is 18.7. The van der Waals surface area contributed by atoms with Crippen LogP contribution in [0.15, 0.2) is 95.8 Å². The van der Waals surface area contributed by atoms with Gasteiger partial charge in [-0.05, 0) is 60.4 Å². The number of allylic oxidation sites excluding steroid dienone is 7. The molecule has 0 aliphatic heterocycles. The molecule has 45 heavy (non-hydrogen) atoms. The Morgan fingerprint density at radius 3 is 1.96 bits per heavy atom. The number of anilines is 2. The summed E-state index contributed by atoms with van der Waals surface area (Å²) in [7, 11) is 4.26. The molecule has 0 heterocycles. The number of benzene rings is 2. The Hall–Kier alpha value is -3.16. The van der Waals surface area contributed by atoms with Crippen LogP contribution in [-0.2, 0) is 4.79 Å². The summed E-state index contributed by atoms with van der Waals surface area (Å²) in [5, 5.41) is 10.9. The second-order valence-corrected chi connectivity index (χ2v) is 14.1.